The molecule has 0 aromatic heterocycles. The normalized spacial score (nSPS) is 18.2. The minimum Gasteiger partial charge on any atom is -0.362 e. The Labute approximate surface area is 101 Å². The van der Waals surface area contributed by atoms with Crippen LogP contribution in [0.3, 0.4) is 0 Å². The van der Waals surface area contributed by atoms with Crippen LogP contribution in [-0.2, 0) is 11.2 Å². The minimum atomic E-state index is 0.162. The summed E-state index contributed by atoms with van der Waals surface area (Å²) in [5, 5.41) is 3.26. The van der Waals surface area contributed by atoms with Crippen LogP contribution in [-0.4, -0.2) is 6.73 Å². The number of benzene rings is 2. The summed E-state index contributed by atoms with van der Waals surface area (Å²) in [5.74, 6) is 0. The highest BCUT2D eigenvalue weighted by molar-refractivity contribution is 5.53. The lowest BCUT2D eigenvalue weighted by Gasteiger charge is -2.27. The van der Waals surface area contributed by atoms with Gasteiger partial charge in [0, 0.05) is 17.7 Å². The predicted octanol–water partition coefficient (Wildman–Crippen LogP) is 3.37. The molecule has 0 aliphatic carbocycles. The van der Waals surface area contributed by atoms with Gasteiger partial charge in [0.1, 0.15) is 6.73 Å². The monoisotopic (exact) mass is 225 g/mol. The van der Waals surface area contributed by atoms with Crippen molar-refractivity contribution in [1.29, 1.82) is 0 Å². The fraction of sp³-hybridized carbons (Fsp3) is 0.200. The van der Waals surface area contributed by atoms with Gasteiger partial charge in [-0.1, -0.05) is 48.5 Å². The van der Waals surface area contributed by atoms with Crippen LogP contribution in [0.2, 0.25) is 0 Å². The number of ether oxygens (including phenoxy) is 1. The molecule has 0 saturated carbocycles. The number of hydrogen-bond acceptors (Lipinski definition) is 2. The van der Waals surface area contributed by atoms with Crippen molar-refractivity contribution in [3.05, 3.63) is 65.7 Å². The van der Waals surface area contributed by atoms with Crippen LogP contribution in [0.1, 0.15) is 17.2 Å². The van der Waals surface area contributed by atoms with E-state index in [0.717, 1.165) is 6.42 Å². The molecule has 2 aromatic carbocycles. The number of hydrogen-bond donors (Lipinski definition) is 1. The highest BCUT2D eigenvalue weighted by Crippen LogP contribution is 2.31. The highest BCUT2D eigenvalue weighted by Gasteiger charge is 2.19. The first-order valence-electron chi connectivity index (χ1n) is 5.92. The average molecular weight is 225 g/mol. The minimum absolute atomic E-state index is 0.162. The predicted molar refractivity (Wildman–Crippen MR) is 68.9 cm³/mol. The van der Waals surface area contributed by atoms with Crippen LogP contribution in [0.5, 0.6) is 0 Å². The van der Waals surface area contributed by atoms with Crippen molar-refractivity contribution in [2.75, 3.05) is 12.0 Å². The summed E-state index contributed by atoms with van der Waals surface area (Å²) in [7, 11) is 0. The third kappa shape index (κ3) is 2.17. The molecular weight excluding hydrogens is 210 g/mol. The number of para-hydroxylation sites is 1. The quantitative estimate of drug-likeness (QED) is 0.846. The van der Waals surface area contributed by atoms with E-state index in [1.807, 2.05) is 6.07 Å². The van der Waals surface area contributed by atoms with Crippen LogP contribution in [0.4, 0.5) is 5.69 Å². The zero-order valence-corrected chi connectivity index (χ0v) is 9.60. The Morgan fingerprint density at radius 3 is 2.65 bits per heavy atom. The van der Waals surface area contributed by atoms with Gasteiger partial charge in [0.2, 0.25) is 0 Å². The fourth-order valence-corrected chi connectivity index (χ4v) is 2.25. The topological polar surface area (TPSA) is 21.3 Å². The summed E-state index contributed by atoms with van der Waals surface area (Å²) in [5.41, 5.74) is 3.76. The van der Waals surface area contributed by atoms with Gasteiger partial charge in [0.15, 0.2) is 0 Å². The first-order chi connectivity index (χ1) is 8.43. The number of rotatable bonds is 2. The van der Waals surface area contributed by atoms with E-state index in [2.05, 4.69) is 53.8 Å². The van der Waals surface area contributed by atoms with Crippen LogP contribution in [0.15, 0.2) is 54.6 Å². The Kier molecular flexibility index (Phi) is 2.80. The van der Waals surface area contributed by atoms with Gasteiger partial charge in [0.05, 0.1) is 6.10 Å². The molecule has 0 bridgehead atoms. The Bertz CT molecular complexity index is 495. The van der Waals surface area contributed by atoms with E-state index in [1.165, 1.54) is 16.8 Å². The number of nitrogens with one attached hydrogen (secondary N) is 1. The average Bonchev–Trinajstić information content (AvgIpc) is 2.40. The van der Waals surface area contributed by atoms with E-state index in [1.54, 1.807) is 0 Å². The van der Waals surface area contributed by atoms with E-state index < -0.39 is 0 Å². The van der Waals surface area contributed by atoms with E-state index in [4.69, 9.17) is 4.74 Å². The molecule has 2 aromatic rings. The van der Waals surface area contributed by atoms with Gasteiger partial charge < -0.3 is 10.1 Å². The van der Waals surface area contributed by atoms with Crippen molar-refractivity contribution >= 4 is 5.69 Å². The van der Waals surface area contributed by atoms with Crippen molar-refractivity contribution in [2.24, 2.45) is 0 Å². The maximum atomic E-state index is 5.80. The molecule has 3 rings (SSSR count). The van der Waals surface area contributed by atoms with Crippen LogP contribution >= 0.6 is 0 Å². The maximum absolute atomic E-state index is 5.80. The number of fused-ring (bicyclic) bond motifs is 1. The molecule has 1 N–H and O–H groups in total. The maximum Gasteiger partial charge on any atom is 0.117 e. The number of anilines is 1. The Morgan fingerprint density at radius 2 is 1.76 bits per heavy atom. The Balaban J connectivity index is 1.86. The molecule has 1 heterocycles. The van der Waals surface area contributed by atoms with Gasteiger partial charge in [-0.05, 0) is 11.6 Å². The smallest absolute Gasteiger partial charge is 0.117 e. The van der Waals surface area contributed by atoms with E-state index in [-0.39, 0.29) is 6.10 Å². The molecule has 0 fully saturated rings. The molecule has 2 heteroatoms. The lowest BCUT2D eigenvalue weighted by atomic mass is 9.99. The van der Waals surface area contributed by atoms with Crippen molar-refractivity contribution in [3.63, 3.8) is 0 Å². The molecule has 0 spiro atoms. The van der Waals surface area contributed by atoms with Crippen molar-refractivity contribution in [2.45, 2.75) is 12.5 Å². The highest BCUT2D eigenvalue weighted by atomic mass is 16.5. The molecule has 0 amide bonds. The molecule has 0 unspecified atom stereocenters. The van der Waals surface area contributed by atoms with E-state index in [9.17, 15) is 0 Å². The fourth-order valence-electron chi connectivity index (χ4n) is 2.25. The molecule has 0 radical (unpaired) electrons. The van der Waals surface area contributed by atoms with Crippen LogP contribution in [0.25, 0.3) is 0 Å². The lowest BCUT2D eigenvalue weighted by Crippen LogP contribution is -2.20. The molecule has 1 aliphatic heterocycles. The van der Waals surface area contributed by atoms with Crippen LogP contribution in [0, 0.1) is 0 Å². The molecule has 86 valence electrons. The summed E-state index contributed by atoms with van der Waals surface area (Å²) in [6, 6.07) is 18.8. The van der Waals surface area contributed by atoms with Crippen molar-refractivity contribution < 1.29 is 4.74 Å². The second-order valence-corrected chi connectivity index (χ2v) is 4.25. The molecule has 17 heavy (non-hydrogen) atoms. The van der Waals surface area contributed by atoms with Crippen LogP contribution < -0.4 is 5.32 Å². The summed E-state index contributed by atoms with van der Waals surface area (Å²) < 4.78 is 5.80. The molecular formula is C15H15NO. The zero-order chi connectivity index (χ0) is 11.5. The SMILES string of the molecule is c1ccc(C[C@@H]2OCNc3ccccc32)cc1. The second kappa shape index (κ2) is 4.60. The first kappa shape index (κ1) is 10.4. The Hall–Kier alpha value is -1.80. The van der Waals surface area contributed by atoms with Gasteiger partial charge in [-0.15, -0.1) is 0 Å². The molecule has 1 atom stereocenters. The van der Waals surface area contributed by atoms with Gasteiger partial charge in [0.25, 0.3) is 0 Å². The largest absolute Gasteiger partial charge is 0.362 e. The van der Waals surface area contributed by atoms with Gasteiger partial charge in [-0.2, -0.15) is 0 Å². The van der Waals surface area contributed by atoms with E-state index in [0.29, 0.717) is 6.73 Å². The van der Waals surface area contributed by atoms with E-state index >= 15 is 0 Å². The lowest BCUT2D eigenvalue weighted by molar-refractivity contribution is 0.0591. The van der Waals surface area contributed by atoms with Crippen molar-refractivity contribution in [1.82, 2.24) is 0 Å². The molecule has 0 saturated heterocycles. The summed E-state index contributed by atoms with van der Waals surface area (Å²) in [6.45, 7) is 0.592. The zero-order valence-electron chi connectivity index (χ0n) is 9.60. The first-order valence-corrected chi connectivity index (χ1v) is 5.92. The molecule has 1 aliphatic rings. The summed E-state index contributed by atoms with van der Waals surface area (Å²) in [6.07, 6.45) is 1.09. The Morgan fingerprint density at radius 1 is 1.00 bits per heavy atom. The summed E-state index contributed by atoms with van der Waals surface area (Å²) in [4.78, 5) is 0. The molecule has 2 nitrogen and oxygen atoms in total. The third-order valence-electron chi connectivity index (χ3n) is 3.12. The third-order valence-corrected chi connectivity index (χ3v) is 3.12. The van der Waals surface area contributed by atoms with Gasteiger partial charge in [-0.25, -0.2) is 0 Å². The van der Waals surface area contributed by atoms with Gasteiger partial charge >= 0.3 is 0 Å². The summed E-state index contributed by atoms with van der Waals surface area (Å²) >= 11 is 0. The van der Waals surface area contributed by atoms with Crippen molar-refractivity contribution in [3.8, 4) is 0 Å². The standard InChI is InChI=1S/C15H15NO/c1-2-6-12(7-3-1)10-15-13-8-4-5-9-14(13)16-11-17-15/h1-9,15-16H,10-11H2/t15-/m0/s1. The second-order valence-electron chi connectivity index (χ2n) is 4.25. The van der Waals surface area contributed by atoms with Gasteiger partial charge in [-0.3, -0.25) is 0 Å².